The molecule has 0 spiro atoms. The van der Waals surface area contributed by atoms with Crippen LogP contribution in [0.4, 0.5) is 11.5 Å². The maximum atomic E-state index is 6.16. The molecule has 6 heteroatoms. The third-order valence-electron chi connectivity index (χ3n) is 3.38. The number of ether oxygens (including phenoxy) is 1. The second-order valence-electron chi connectivity index (χ2n) is 4.81. The molecule has 0 radical (unpaired) electrons. The van der Waals surface area contributed by atoms with Crippen LogP contribution in [0.25, 0.3) is 0 Å². The number of hydrogen-bond donors (Lipinski definition) is 1. The maximum absolute atomic E-state index is 6.16. The molecule has 0 bridgehead atoms. The number of fused-ring (bicyclic) bond motifs is 1. The molecule has 3 heterocycles. The van der Waals surface area contributed by atoms with Gasteiger partial charge in [0, 0.05) is 18.0 Å². The second kappa shape index (κ2) is 5.66. The minimum atomic E-state index is 0.493. The summed E-state index contributed by atoms with van der Waals surface area (Å²) in [6.07, 6.45) is 3.50. The number of thiophene rings is 1. The van der Waals surface area contributed by atoms with Gasteiger partial charge in [0.2, 0.25) is 5.88 Å². The van der Waals surface area contributed by atoms with E-state index in [1.807, 2.05) is 11.3 Å². The largest absolute Gasteiger partial charge is 0.476 e. The normalized spacial score (nSPS) is 14.2. The van der Waals surface area contributed by atoms with Gasteiger partial charge in [0.05, 0.1) is 6.61 Å². The molecule has 106 valence electrons. The van der Waals surface area contributed by atoms with Crippen molar-refractivity contribution in [1.29, 1.82) is 0 Å². The van der Waals surface area contributed by atoms with Gasteiger partial charge in [-0.15, -0.1) is 11.3 Å². The molecule has 3 rings (SSSR count). The van der Waals surface area contributed by atoms with Crippen molar-refractivity contribution < 1.29 is 4.74 Å². The molecule has 2 N–H and O–H groups in total. The Bertz CT molecular complexity index is 599. The maximum Gasteiger partial charge on any atom is 0.242 e. The molecular weight excluding hydrogens is 272 g/mol. The minimum Gasteiger partial charge on any atom is -0.476 e. The van der Waals surface area contributed by atoms with Crippen LogP contribution < -0.4 is 15.4 Å². The van der Waals surface area contributed by atoms with E-state index in [4.69, 9.17) is 10.5 Å². The average Bonchev–Trinajstić information content (AvgIpc) is 2.93. The van der Waals surface area contributed by atoms with Crippen molar-refractivity contribution in [2.75, 3.05) is 23.8 Å². The van der Waals surface area contributed by atoms with Gasteiger partial charge in [-0.1, -0.05) is 6.92 Å². The molecule has 1 aliphatic rings. The lowest BCUT2D eigenvalue weighted by Crippen LogP contribution is -2.31. The van der Waals surface area contributed by atoms with E-state index in [2.05, 4.69) is 33.2 Å². The third-order valence-corrected chi connectivity index (χ3v) is 4.40. The Balaban J connectivity index is 1.84. The van der Waals surface area contributed by atoms with Crippen LogP contribution in [0.15, 0.2) is 17.8 Å². The van der Waals surface area contributed by atoms with E-state index >= 15 is 0 Å². The van der Waals surface area contributed by atoms with E-state index < -0.39 is 0 Å². The van der Waals surface area contributed by atoms with E-state index in [0.29, 0.717) is 18.2 Å². The first kappa shape index (κ1) is 13.2. The van der Waals surface area contributed by atoms with Crippen LogP contribution >= 0.6 is 11.3 Å². The van der Waals surface area contributed by atoms with Crippen molar-refractivity contribution >= 4 is 22.8 Å². The number of nitrogen functional groups attached to an aromatic ring is 1. The fourth-order valence-corrected chi connectivity index (χ4v) is 3.26. The number of aromatic nitrogens is 2. The highest BCUT2D eigenvalue weighted by atomic mass is 32.1. The van der Waals surface area contributed by atoms with Crippen LogP contribution in [-0.2, 0) is 13.0 Å². The number of anilines is 2. The molecule has 0 amide bonds. The van der Waals surface area contributed by atoms with Crippen molar-refractivity contribution in [1.82, 2.24) is 9.97 Å². The summed E-state index contributed by atoms with van der Waals surface area (Å²) < 4.78 is 5.57. The second-order valence-corrected chi connectivity index (χ2v) is 5.81. The topological polar surface area (TPSA) is 64.3 Å². The standard InChI is InChI=1S/C14H18N4OS/c1-2-6-19-14-12(15)13(16-9-17-14)18-5-3-11-10(8-18)4-7-20-11/h4,7,9H,2-3,5-6,8,15H2,1H3. The van der Waals surface area contributed by atoms with Gasteiger partial charge in [0.15, 0.2) is 5.82 Å². The van der Waals surface area contributed by atoms with Gasteiger partial charge in [-0.25, -0.2) is 4.98 Å². The molecule has 0 saturated carbocycles. The van der Waals surface area contributed by atoms with Gasteiger partial charge in [-0.3, -0.25) is 0 Å². The Hall–Kier alpha value is -1.82. The van der Waals surface area contributed by atoms with Gasteiger partial charge in [-0.2, -0.15) is 4.98 Å². The molecule has 0 saturated heterocycles. The van der Waals surface area contributed by atoms with Gasteiger partial charge >= 0.3 is 0 Å². The van der Waals surface area contributed by atoms with Crippen LogP contribution in [-0.4, -0.2) is 23.1 Å². The van der Waals surface area contributed by atoms with E-state index in [1.165, 1.54) is 16.8 Å². The fraction of sp³-hybridized carbons (Fsp3) is 0.429. The van der Waals surface area contributed by atoms with Gasteiger partial charge in [0.25, 0.3) is 0 Å². The lowest BCUT2D eigenvalue weighted by atomic mass is 10.1. The lowest BCUT2D eigenvalue weighted by molar-refractivity contribution is 0.306. The van der Waals surface area contributed by atoms with Crippen molar-refractivity contribution in [2.24, 2.45) is 0 Å². The Labute approximate surface area is 122 Å². The first-order valence-corrected chi connectivity index (χ1v) is 7.71. The summed E-state index contributed by atoms with van der Waals surface area (Å²) in [5.74, 6) is 1.27. The Morgan fingerprint density at radius 3 is 3.20 bits per heavy atom. The van der Waals surface area contributed by atoms with E-state index in [0.717, 1.165) is 31.7 Å². The molecule has 0 fully saturated rings. The van der Waals surface area contributed by atoms with Crippen molar-refractivity contribution in [3.8, 4) is 5.88 Å². The number of rotatable bonds is 4. The molecule has 5 nitrogen and oxygen atoms in total. The van der Waals surface area contributed by atoms with E-state index in [9.17, 15) is 0 Å². The smallest absolute Gasteiger partial charge is 0.242 e. The molecule has 0 aliphatic carbocycles. The Kier molecular flexibility index (Phi) is 3.73. The lowest BCUT2D eigenvalue weighted by Gasteiger charge is -2.29. The van der Waals surface area contributed by atoms with Crippen molar-refractivity contribution in [3.05, 3.63) is 28.2 Å². The van der Waals surface area contributed by atoms with Crippen LogP contribution in [0.3, 0.4) is 0 Å². The molecule has 2 aromatic rings. The predicted octanol–water partition coefficient (Wildman–Crippen LogP) is 2.47. The van der Waals surface area contributed by atoms with Crippen molar-refractivity contribution in [2.45, 2.75) is 26.3 Å². The summed E-state index contributed by atoms with van der Waals surface area (Å²) in [6, 6.07) is 2.18. The highest BCUT2D eigenvalue weighted by molar-refractivity contribution is 7.10. The summed E-state index contributed by atoms with van der Waals surface area (Å²) in [7, 11) is 0. The summed E-state index contributed by atoms with van der Waals surface area (Å²) >= 11 is 1.83. The highest BCUT2D eigenvalue weighted by Crippen LogP contribution is 2.32. The number of nitrogens with two attached hydrogens (primary N) is 1. The first-order chi connectivity index (χ1) is 9.79. The molecule has 0 atom stereocenters. The molecule has 0 unspecified atom stereocenters. The molecular formula is C14H18N4OS. The highest BCUT2D eigenvalue weighted by Gasteiger charge is 2.21. The van der Waals surface area contributed by atoms with Crippen LogP contribution in [0.2, 0.25) is 0 Å². The Morgan fingerprint density at radius 1 is 1.45 bits per heavy atom. The van der Waals surface area contributed by atoms with Gasteiger partial charge in [0.1, 0.15) is 12.0 Å². The zero-order chi connectivity index (χ0) is 13.9. The fourth-order valence-electron chi connectivity index (χ4n) is 2.37. The van der Waals surface area contributed by atoms with Crippen molar-refractivity contribution in [3.63, 3.8) is 0 Å². The summed E-state index contributed by atoms with van der Waals surface area (Å²) in [5, 5.41) is 2.15. The third kappa shape index (κ3) is 2.43. The zero-order valence-corrected chi connectivity index (χ0v) is 12.3. The number of hydrogen-bond acceptors (Lipinski definition) is 6. The van der Waals surface area contributed by atoms with Crippen LogP contribution in [0.5, 0.6) is 5.88 Å². The predicted molar refractivity (Wildman–Crippen MR) is 81.3 cm³/mol. The molecule has 1 aliphatic heterocycles. The van der Waals surface area contributed by atoms with E-state index in [1.54, 1.807) is 0 Å². The van der Waals surface area contributed by atoms with Gasteiger partial charge < -0.3 is 15.4 Å². The summed E-state index contributed by atoms with van der Waals surface area (Å²) in [4.78, 5) is 12.1. The minimum absolute atomic E-state index is 0.493. The molecule has 0 aromatic carbocycles. The SMILES string of the molecule is CCCOc1ncnc(N2CCc3sccc3C2)c1N. The average molecular weight is 290 g/mol. The quantitative estimate of drug-likeness (QED) is 0.937. The summed E-state index contributed by atoms with van der Waals surface area (Å²) in [6.45, 7) is 4.46. The molecule has 2 aromatic heterocycles. The first-order valence-electron chi connectivity index (χ1n) is 6.83. The van der Waals surface area contributed by atoms with E-state index in [-0.39, 0.29) is 0 Å². The van der Waals surface area contributed by atoms with Crippen LogP contribution in [0, 0.1) is 0 Å². The monoisotopic (exact) mass is 290 g/mol. The number of nitrogens with zero attached hydrogens (tertiary/aromatic N) is 3. The summed E-state index contributed by atoms with van der Waals surface area (Å²) in [5.41, 5.74) is 8.07. The van der Waals surface area contributed by atoms with Crippen LogP contribution in [0.1, 0.15) is 23.8 Å². The Morgan fingerprint density at radius 2 is 2.35 bits per heavy atom. The zero-order valence-electron chi connectivity index (χ0n) is 11.5. The van der Waals surface area contributed by atoms with Gasteiger partial charge in [-0.05, 0) is 29.9 Å². The molecule has 20 heavy (non-hydrogen) atoms.